The molecule has 5 nitrogen and oxygen atoms in total. The van der Waals surface area contributed by atoms with E-state index in [4.69, 9.17) is 18.9 Å². The smallest absolute Gasteiger partial charge is 0.232 e. The van der Waals surface area contributed by atoms with Crippen LogP contribution in [0.15, 0.2) is 45.9 Å². The second-order valence-corrected chi connectivity index (χ2v) is 9.29. The van der Waals surface area contributed by atoms with Gasteiger partial charge in [-0.25, -0.2) is 0 Å². The Hall–Kier alpha value is -2.61. The molecule has 0 aliphatic carbocycles. The molecule has 0 saturated heterocycles. The lowest BCUT2D eigenvalue weighted by Crippen LogP contribution is -2.14. The standard InChI is InChI=1S/C24H19BrO5S/c1-13-5-6-31-21(13)9-20-22(26)18-3-4-19(14(2)23(18)30-20)28-11-16-8-17(25)7-15-10-27-12-29-24(15)16/h3-9H,10-12H2,1-2H3/b20-9-. The van der Waals surface area contributed by atoms with Crippen LogP contribution in [0.4, 0.5) is 0 Å². The molecule has 0 radical (unpaired) electrons. The highest BCUT2D eigenvalue weighted by molar-refractivity contribution is 9.10. The van der Waals surface area contributed by atoms with Crippen molar-refractivity contribution in [3.8, 4) is 17.2 Å². The Morgan fingerprint density at radius 2 is 2.06 bits per heavy atom. The largest absolute Gasteiger partial charge is 0.488 e. The average molecular weight is 499 g/mol. The number of halogens is 1. The molecule has 0 N–H and O–H groups in total. The maximum absolute atomic E-state index is 12.8. The first-order chi connectivity index (χ1) is 15.0. The fourth-order valence-corrected chi connectivity index (χ4v) is 5.10. The van der Waals surface area contributed by atoms with E-state index in [0.717, 1.165) is 37.4 Å². The zero-order valence-corrected chi connectivity index (χ0v) is 19.4. The molecular formula is C24H19BrO5S. The number of carbonyl (C=O) groups is 1. The van der Waals surface area contributed by atoms with Crippen molar-refractivity contribution in [1.82, 2.24) is 0 Å². The molecule has 0 spiro atoms. The molecule has 0 atom stereocenters. The molecular weight excluding hydrogens is 480 g/mol. The quantitative estimate of drug-likeness (QED) is 0.401. The van der Waals surface area contributed by atoms with E-state index in [9.17, 15) is 4.79 Å². The highest BCUT2D eigenvalue weighted by Gasteiger charge is 2.30. The Balaban J connectivity index is 1.40. The van der Waals surface area contributed by atoms with E-state index in [1.807, 2.05) is 49.6 Å². The zero-order chi connectivity index (χ0) is 21.5. The summed E-state index contributed by atoms with van der Waals surface area (Å²) < 4.78 is 24.1. The van der Waals surface area contributed by atoms with Crippen molar-refractivity contribution in [2.45, 2.75) is 27.1 Å². The number of thiophene rings is 1. The molecule has 7 heteroatoms. The number of Topliss-reactive ketones (excluding diaryl/α,β-unsaturated/α-hetero) is 1. The van der Waals surface area contributed by atoms with Crippen LogP contribution < -0.4 is 14.2 Å². The maximum atomic E-state index is 12.8. The van der Waals surface area contributed by atoms with E-state index in [2.05, 4.69) is 15.9 Å². The van der Waals surface area contributed by atoms with Crippen molar-refractivity contribution in [2.24, 2.45) is 0 Å². The molecule has 31 heavy (non-hydrogen) atoms. The minimum Gasteiger partial charge on any atom is -0.488 e. The van der Waals surface area contributed by atoms with Crippen LogP contribution in [0.3, 0.4) is 0 Å². The molecule has 1 aromatic heterocycles. The van der Waals surface area contributed by atoms with Crippen LogP contribution in [0.5, 0.6) is 17.2 Å². The van der Waals surface area contributed by atoms with Gasteiger partial charge in [-0.05, 0) is 55.1 Å². The van der Waals surface area contributed by atoms with E-state index < -0.39 is 0 Å². The monoisotopic (exact) mass is 498 g/mol. The number of allylic oxidation sites excluding steroid dienone is 1. The Kier molecular flexibility index (Phi) is 5.33. The number of ketones is 1. The maximum Gasteiger partial charge on any atom is 0.232 e. The first kappa shape index (κ1) is 20.3. The number of ether oxygens (including phenoxy) is 4. The third-order valence-electron chi connectivity index (χ3n) is 5.34. The van der Waals surface area contributed by atoms with Crippen molar-refractivity contribution in [1.29, 1.82) is 0 Å². The summed E-state index contributed by atoms with van der Waals surface area (Å²) in [4.78, 5) is 13.8. The van der Waals surface area contributed by atoms with Gasteiger partial charge in [-0.3, -0.25) is 4.79 Å². The van der Waals surface area contributed by atoms with Crippen LogP contribution in [0, 0.1) is 13.8 Å². The van der Waals surface area contributed by atoms with Crippen LogP contribution >= 0.6 is 27.3 Å². The molecule has 5 rings (SSSR count). The lowest BCUT2D eigenvalue weighted by molar-refractivity contribution is -0.0176. The van der Waals surface area contributed by atoms with E-state index in [1.54, 1.807) is 17.4 Å². The second kappa shape index (κ2) is 8.15. The number of rotatable bonds is 4. The number of aryl methyl sites for hydroxylation is 1. The van der Waals surface area contributed by atoms with Crippen molar-refractivity contribution in [2.75, 3.05) is 6.79 Å². The third-order valence-corrected chi connectivity index (χ3v) is 6.76. The summed E-state index contributed by atoms with van der Waals surface area (Å²) in [6.45, 7) is 4.99. The molecule has 0 bridgehead atoms. The first-order valence-electron chi connectivity index (χ1n) is 9.78. The minimum absolute atomic E-state index is 0.105. The van der Waals surface area contributed by atoms with Gasteiger partial charge in [-0.2, -0.15) is 0 Å². The third kappa shape index (κ3) is 3.78. The van der Waals surface area contributed by atoms with Gasteiger partial charge in [0.05, 0.1) is 12.2 Å². The summed E-state index contributed by atoms with van der Waals surface area (Å²) >= 11 is 5.12. The van der Waals surface area contributed by atoms with Gasteiger partial charge in [0.25, 0.3) is 0 Å². The van der Waals surface area contributed by atoms with E-state index in [1.165, 1.54) is 0 Å². The molecule has 0 fully saturated rings. The second-order valence-electron chi connectivity index (χ2n) is 7.43. The van der Waals surface area contributed by atoms with Gasteiger partial charge in [-0.15, -0.1) is 11.3 Å². The number of hydrogen-bond donors (Lipinski definition) is 0. The average Bonchev–Trinajstić information content (AvgIpc) is 3.31. The number of benzene rings is 2. The van der Waals surface area contributed by atoms with Crippen LogP contribution in [-0.2, 0) is 18.0 Å². The fourth-order valence-electron chi connectivity index (χ4n) is 3.70. The van der Waals surface area contributed by atoms with Crippen LogP contribution in [0.25, 0.3) is 6.08 Å². The topological polar surface area (TPSA) is 54.0 Å². The zero-order valence-electron chi connectivity index (χ0n) is 17.0. The summed E-state index contributed by atoms with van der Waals surface area (Å²) in [5.74, 6) is 2.27. The summed E-state index contributed by atoms with van der Waals surface area (Å²) in [7, 11) is 0. The molecule has 0 amide bonds. The molecule has 2 aliphatic rings. The lowest BCUT2D eigenvalue weighted by Gasteiger charge is -2.21. The van der Waals surface area contributed by atoms with Crippen LogP contribution in [0.1, 0.15) is 37.5 Å². The molecule has 3 aromatic rings. The van der Waals surface area contributed by atoms with Gasteiger partial charge in [0.15, 0.2) is 12.6 Å². The highest BCUT2D eigenvalue weighted by atomic mass is 79.9. The van der Waals surface area contributed by atoms with Gasteiger partial charge in [0.2, 0.25) is 5.78 Å². The molecule has 0 saturated carbocycles. The van der Waals surface area contributed by atoms with Gasteiger partial charge in [0, 0.05) is 32.1 Å². The highest BCUT2D eigenvalue weighted by Crippen LogP contribution is 2.40. The SMILES string of the molecule is Cc1ccsc1/C=C1\Oc2c(ccc(OCc3cc(Br)cc4c3OCOC4)c2C)C1=O. The molecule has 2 aromatic carbocycles. The summed E-state index contributed by atoms with van der Waals surface area (Å²) in [5.41, 5.74) is 4.39. The van der Waals surface area contributed by atoms with E-state index in [0.29, 0.717) is 36.0 Å². The van der Waals surface area contributed by atoms with Gasteiger partial charge >= 0.3 is 0 Å². The van der Waals surface area contributed by atoms with Gasteiger partial charge < -0.3 is 18.9 Å². The fraction of sp³-hybridized carbons (Fsp3) is 0.208. The van der Waals surface area contributed by atoms with E-state index >= 15 is 0 Å². The summed E-state index contributed by atoms with van der Waals surface area (Å²) in [6.07, 6.45) is 1.81. The molecule has 2 aliphatic heterocycles. The predicted octanol–water partition coefficient (Wildman–Crippen LogP) is 6.19. The molecule has 3 heterocycles. The van der Waals surface area contributed by atoms with Crippen molar-refractivity contribution in [3.05, 3.63) is 78.6 Å². The summed E-state index contributed by atoms with van der Waals surface area (Å²) in [5, 5.41) is 2.00. The number of fused-ring (bicyclic) bond motifs is 2. The van der Waals surface area contributed by atoms with E-state index in [-0.39, 0.29) is 12.6 Å². The molecule has 0 unspecified atom stereocenters. The molecule has 158 valence electrons. The Bertz CT molecular complexity index is 1230. The Morgan fingerprint density at radius 1 is 1.19 bits per heavy atom. The predicted molar refractivity (Wildman–Crippen MR) is 122 cm³/mol. The first-order valence-corrected chi connectivity index (χ1v) is 11.4. The van der Waals surface area contributed by atoms with Crippen molar-refractivity contribution >= 4 is 39.1 Å². The van der Waals surface area contributed by atoms with Crippen LogP contribution in [0.2, 0.25) is 0 Å². The number of carbonyl (C=O) groups excluding carboxylic acids is 1. The summed E-state index contributed by atoms with van der Waals surface area (Å²) in [6, 6.07) is 9.58. The normalized spacial score (nSPS) is 16.0. The minimum atomic E-state index is -0.105. The Morgan fingerprint density at radius 3 is 2.87 bits per heavy atom. The van der Waals surface area contributed by atoms with Gasteiger partial charge in [-0.1, -0.05) is 15.9 Å². The van der Waals surface area contributed by atoms with Crippen molar-refractivity contribution in [3.63, 3.8) is 0 Å². The van der Waals surface area contributed by atoms with Crippen molar-refractivity contribution < 1.29 is 23.7 Å². The van der Waals surface area contributed by atoms with Crippen LogP contribution in [-0.4, -0.2) is 12.6 Å². The lowest BCUT2D eigenvalue weighted by atomic mass is 10.1. The number of hydrogen-bond acceptors (Lipinski definition) is 6. The van der Waals surface area contributed by atoms with Gasteiger partial charge in [0.1, 0.15) is 23.9 Å². The Labute approximate surface area is 192 Å².